The van der Waals surface area contributed by atoms with Gasteiger partial charge in [0, 0.05) is 5.39 Å². The molecule has 0 aliphatic carbocycles. The molecule has 2 radical (unpaired) electrons. The summed E-state index contributed by atoms with van der Waals surface area (Å²) >= 11 is 0. The van der Waals surface area contributed by atoms with Crippen molar-refractivity contribution < 1.29 is 0 Å². The topological polar surface area (TPSA) is 54.7 Å². The fourth-order valence-corrected chi connectivity index (χ4v) is 1.05. The van der Waals surface area contributed by atoms with Crippen molar-refractivity contribution in [1.82, 2.24) is 10.2 Å². The number of hydrogen-bond acceptors (Lipinski definition) is 2. The van der Waals surface area contributed by atoms with E-state index >= 15 is 0 Å². The molecule has 0 atom stereocenters. The molecule has 0 spiro atoms. The Morgan fingerprint density at radius 1 is 1.45 bits per heavy atom. The molecular weight excluding hydrogens is 137 g/mol. The van der Waals surface area contributed by atoms with Gasteiger partial charge < -0.3 is 5.73 Å². The standard InChI is InChI=1S/C7H6BN3/c8-4-1-2-6-5(3-4)7(9)11-10-6/h1-3H,(H3,9,10,11). The first kappa shape index (κ1) is 6.28. The predicted molar refractivity (Wildman–Crippen MR) is 45.9 cm³/mol. The highest BCUT2D eigenvalue weighted by molar-refractivity contribution is 6.33. The molecule has 2 aromatic rings. The van der Waals surface area contributed by atoms with Crippen LogP contribution in [0.1, 0.15) is 0 Å². The summed E-state index contributed by atoms with van der Waals surface area (Å²) in [4.78, 5) is 0. The Labute approximate surface area is 65.0 Å². The fourth-order valence-electron chi connectivity index (χ4n) is 1.05. The number of rotatable bonds is 0. The van der Waals surface area contributed by atoms with Gasteiger partial charge in [0.25, 0.3) is 0 Å². The maximum atomic E-state index is 5.55. The first-order valence-corrected chi connectivity index (χ1v) is 3.26. The van der Waals surface area contributed by atoms with E-state index in [2.05, 4.69) is 10.2 Å². The van der Waals surface area contributed by atoms with Crippen LogP contribution in [-0.2, 0) is 0 Å². The zero-order valence-corrected chi connectivity index (χ0v) is 5.83. The molecule has 2 rings (SSSR count). The number of aromatic nitrogens is 2. The van der Waals surface area contributed by atoms with Gasteiger partial charge >= 0.3 is 0 Å². The Morgan fingerprint density at radius 2 is 2.27 bits per heavy atom. The number of nitrogen functional groups attached to an aromatic ring is 1. The first-order valence-electron chi connectivity index (χ1n) is 3.26. The Morgan fingerprint density at radius 3 is 3.09 bits per heavy atom. The minimum atomic E-state index is 0.493. The van der Waals surface area contributed by atoms with Gasteiger partial charge in [0.15, 0.2) is 5.82 Å². The summed E-state index contributed by atoms with van der Waals surface area (Å²) in [5, 5.41) is 7.50. The molecule has 0 fully saturated rings. The Hall–Kier alpha value is -1.45. The Bertz CT molecular complexity index is 393. The van der Waals surface area contributed by atoms with Gasteiger partial charge in [-0.05, 0) is 6.07 Å². The molecular formula is C7H6BN3. The lowest BCUT2D eigenvalue weighted by Crippen LogP contribution is -1.99. The molecule has 1 heterocycles. The molecule has 3 N–H and O–H groups in total. The third-order valence-electron chi connectivity index (χ3n) is 1.62. The van der Waals surface area contributed by atoms with Crippen molar-refractivity contribution in [3.8, 4) is 0 Å². The van der Waals surface area contributed by atoms with E-state index in [0.717, 1.165) is 10.9 Å². The molecule has 1 aromatic heterocycles. The minimum absolute atomic E-state index is 0.493. The van der Waals surface area contributed by atoms with E-state index in [-0.39, 0.29) is 0 Å². The number of nitrogens with one attached hydrogen (secondary N) is 1. The largest absolute Gasteiger partial charge is 0.382 e. The van der Waals surface area contributed by atoms with Crippen LogP contribution in [0.4, 0.5) is 5.82 Å². The number of aromatic amines is 1. The minimum Gasteiger partial charge on any atom is -0.382 e. The summed E-state index contributed by atoms with van der Waals surface area (Å²) in [5.74, 6) is 0.493. The molecule has 0 bridgehead atoms. The lowest BCUT2D eigenvalue weighted by atomic mass is 9.95. The second-order valence-corrected chi connectivity index (χ2v) is 2.41. The molecule has 0 unspecified atom stereocenters. The summed E-state index contributed by atoms with van der Waals surface area (Å²) in [7, 11) is 5.55. The Balaban J connectivity index is 2.87. The molecule has 1 aromatic carbocycles. The molecule has 4 heteroatoms. The number of anilines is 1. The SMILES string of the molecule is [B]c1ccc2[nH]nc(N)c2c1. The molecule has 3 nitrogen and oxygen atoms in total. The van der Waals surface area contributed by atoms with Crippen LogP contribution in [0.3, 0.4) is 0 Å². The van der Waals surface area contributed by atoms with Crippen molar-refractivity contribution in [2.75, 3.05) is 5.73 Å². The number of H-pyrrole nitrogens is 1. The summed E-state index contributed by atoms with van der Waals surface area (Å²) in [6.45, 7) is 0. The van der Waals surface area contributed by atoms with Crippen molar-refractivity contribution in [1.29, 1.82) is 0 Å². The van der Waals surface area contributed by atoms with E-state index in [9.17, 15) is 0 Å². The van der Waals surface area contributed by atoms with Crippen LogP contribution in [0.2, 0.25) is 0 Å². The van der Waals surface area contributed by atoms with Gasteiger partial charge in [-0.2, -0.15) is 5.10 Å². The number of nitrogens with two attached hydrogens (primary N) is 1. The van der Waals surface area contributed by atoms with Crippen LogP contribution >= 0.6 is 0 Å². The maximum Gasteiger partial charge on any atom is 0.153 e. The van der Waals surface area contributed by atoms with Crippen molar-refractivity contribution in [3.05, 3.63) is 18.2 Å². The molecule has 52 valence electrons. The lowest BCUT2D eigenvalue weighted by molar-refractivity contribution is 1.13. The number of fused-ring (bicyclic) bond motifs is 1. The van der Waals surface area contributed by atoms with Crippen LogP contribution in [-0.4, -0.2) is 18.0 Å². The third-order valence-corrected chi connectivity index (χ3v) is 1.62. The van der Waals surface area contributed by atoms with Gasteiger partial charge in [-0.1, -0.05) is 17.6 Å². The molecule has 0 saturated heterocycles. The van der Waals surface area contributed by atoms with E-state index in [4.69, 9.17) is 13.6 Å². The van der Waals surface area contributed by atoms with Gasteiger partial charge in [0.05, 0.1) is 5.52 Å². The van der Waals surface area contributed by atoms with Gasteiger partial charge in [0.1, 0.15) is 7.85 Å². The summed E-state index contributed by atoms with van der Waals surface area (Å²) < 4.78 is 0. The smallest absolute Gasteiger partial charge is 0.153 e. The monoisotopic (exact) mass is 143 g/mol. The summed E-state index contributed by atoms with van der Waals surface area (Å²) in [5.41, 5.74) is 7.16. The quantitative estimate of drug-likeness (QED) is 0.507. The average molecular weight is 143 g/mol. The second kappa shape index (κ2) is 2.02. The summed E-state index contributed by atoms with van der Waals surface area (Å²) in [6.07, 6.45) is 0. The van der Waals surface area contributed by atoms with Crippen LogP contribution in [0.25, 0.3) is 10.9 Å². The zero-order valence-electron chi connectivity index (χ0n) is 5.83. The number of hydrogen-bond donors (Lipinski definition) is 2. The van der Waals surface area contributed by atoms with Crippen molar-refractivity contribution in [2.45, 2.75) is 0 Å². The van der Waals surface area contributed by atoms with E-state index in [1.165, 1.54) is 0 Å². The highest BCUT2D eigenvalue weighted by atomic mass is 15.1. The van der Waals surface area contributed by atoms with E-state index < -0.39 is 0 Å². The van der Waals surface area contributed by atoms with Crippen LogP contribution in [0.15, 0.2) is 18.2 Å². The molecule has 0 saturated carbocycles. The van der Waals surface area contributed by atoms with E-state index in [0.29, 0.717) is 11.3 Å². The average Bonchev–Trinajstić information content (AvgIpc) is 2.33. The fraction of sp³-hybridized carbons (Fsp3) is 0. The third kappa shape index (κ3) is 0.870. The van der Waals surface area contributed by atoms with Crippen molar-refractivity contribution in [3.63, 3.8) is 0 Å². The second-order valence-electron chi connectivity index (χ2n) is 2.41. The number of nitrogens with zero attached hydrogens (tertiary/aromatic N) is 1. The first-order chi connectivity index (χ1) is 5.27. The van der Waals surface area contributed by atoms with Crippen molar-refractivity contribution in [2.24, 2.45) is 0 Å². The lowest BCUT2D eigenvalue weighted by Gasteiger charge is -1.91. The van der Waals surface area contributed by atoms with E-state index in [1.54, 1.807) is 12.1 Å². The van der Waals surface area contributed by atoms with E-state index in [1.807, 2.05) is 6.07 Å². The van der Waals surface area contributed by atoms with Crippen LogP contribution < -0.4 is 11.2 Å². The normalized spacial score (nSPS) is 10.5. The predicted octanol–water partition coefficient (Wildman–Crippen LogP) is -0.0611. The van der Waals surface area contributed by atoms with Gasteiger partial charge in [-0.3, -0.25) is 5.10 Å². The zero-order chi connectivity index (χ0) is 7.84. The molecule has 0 aliphatic heterocycles. The van der Waals surface area contributed by atoms with Gasteiger partial charge in [-0.15, -0.1) is 0 Å². The van der Waals surface area contributed by atoms with Gasteiger partial charge in [0.2, 0.25) is 0 Å². The Kier molecular flexibility index (Phi) is 1.15. The van der Waals surface area contributed by atoms with Crippen LogP contribution in [0.5, 0.6) is 0 Å². The van der Waals surface area contributed by atoms with Crippen LogP contribution in [0, 0.1) is 0 Å². The summed E-state index contributed by atoms with van der Waals surface area (Å²) in [6, 6.07) is 5.46. The molecule has 0 amide bonds. The van der Waals surface area contributed by atoms with Crippen molar-refractivity contribution >= 4 is 30.0 Å². The maximum absolute atomic E-state index is 5.55. The number of benzene rings is 1. The molecule has 0 aliphatic rings. The highest BCUT2D eigenvalue weighted by Gasteiger charge is 1.99. The highest BCUT2D eigenvalue weighted by Crippen LogP contribution is 2.14. The molecule has 11 heavy (non-hydrogen) atoms. The van der Waals surface area contributed by atoms with Gasteiger partial charge in [-0.25, -0.2) is 0 Å².